The van der Waals surface area contributed by atoms with Crippen molar-refractivity contribution < 1.29 is 0 Å². The van der Waals surface area contributed by atoms with Crippen molar-refractivity contribution in [1.82, 2.24) is 24.1 Å². The molecule has 0 bridgehead atoms. The van der Waals surface area contributed by atoms with Crippen LogP contribution >= 0.6 is 0 Å². The molecule has 4 rings (SSSR count). The largest absolute Gasteiger partial charge is 0.346 e. The summed E-state index contributed by atoms with van der Waals surface area (Å²) in [6, 6.07) is 10.2. The highest BCUT2D eigenvalue weighted by Gasteiger charge is 2.06. The summed E-state index contributed by atoms with van der Waals surface area (Å²) in [4.78, 5) is 24.7. The van der Waals surface area contributed by atoms with Gasteiger partial charge in [-0.1, -0.05) is 18.2 Å². The molecule has 3 heterocycles. The van der Waals surface area contributed by atoms with E-state index < -0.39 is 0 Å². The minimum atomic E-state index is -0.158. The van der Waals surface area contributed by atoms with Crippen LogP contribution in [0, 0.1) is 0 Å². The predicted octanol–water partition coefficient (Wildman–Crippen LogP) is 1.84. The lowest BCUT2D eigenvalue weighted by molar-refractivity contribution is 0.572. The van der Waals surface area contributed by atoms with E-state index in [1.807, 2.05) is 18.3 Å². The zero-order chi connectivity index (χ0) is 14.9. The first-order valence-electron chi connectivity index (χ1n) is 7.03. The van der Waals surface area contributed by atoms with Crippen molar-refractivity contribution in [1.29, 1.82) is 0 Å². The molecule has 6 nitrogen and oxygen atoms in total. The maximum atomic E-state index is 12.4. The minimum Gasteiger partial charge on any atom is -0.346 e. The Bertz CT molecular complexity index is 1020. The van der Waals surface area contributed by atoms with Crippen molar-refractivity contribution in [2.75, 3.05) is 0 Å². The van der Waals surface area contributed by atoms with E-state index in [1.165, 1.54) is 24.1 Å². The standard InChI is InChI=1S/C16H13N5O/c22-16-14-15(18-7-6-17-14)19-11-21(16)10-9-20-8-5-12-3-1-2-4-13(12)20/h1-8,11H,9-10H2. The van der Waals surface area contributed by atoms with Gasteiger partial charge in [0.1, 0.15) is 6.33 Å². The second-order valence-electron chi connectivity index (χ2n) is 5.04. The fourth-order valence-corrected chi connectivity index (χ4v) is 2.60. The molecule has 22 heavy (non-hydrogen) atoms. The predicted molar refractivity (Wildman–Crippen MR) is 83.5 cm³/mol. The van der Waals surface area contributed by atoms with E-state index in [9.17, 15) is 4.79 Å². The number of hydrogen-bond acceptors (Lipinski definition) is 4. The minimum absolute atomic E-state index is 0.158. The van der Waals surface area contributed by atoms with Gasteiger partial charge in [0.05, 0.1) is 0 Å². The number of rotatable bonds is 3. The third kappa shape index (κ3) is 2.05. The normalized spacial score (nSPS) is 11.3. The van der Waals surface area contributed by atoms with Gasteiger partial charge in [-0.2, -0.15) is 0 Å². The average molecular weight is 291 g/mol. The van der Waals surface area contributed by atoms with Crippen LogP contribution in [-0.2, 0) is 13.1 Å². The second-order valence-corrected chi connectivity index (χ2v) is 5.04. The molecule has 6 heteroatoms. The van der Waals surface area contributed by atoms with Gasteiger partial charge in [-0.05, 0) is 17.5 Å². The van der Waals surface area contributed by atoms with Gasteiger partial charge in [-0.25, -0.2) is 15.0 Å². The number of fused-ring (bicyclic) bond motifs is 2. The SMILES string of the molecule is O=c1c2nccnc2ncn1CCn1ccc2ccccc21. The number of hydrogen-bond donors (Lipinski definition) is 0. The molecule has 0 radical (unpaired) electrons. The molecule has 0 saturated carbocycles. The Labute approximate surface area is 125 Å². The molecule has 0 aliphatic carbocycles. The summed E-state index contributed by atoms with van der Waals surface area (Å²) in [5.41, 5.74) is 1.69. The Morgan fingerprint density at radius 3 is 2.68 bits per heavy atom. The molecule has 0 amide bonds. The molecule has 0 spiro atoms. The molecule has 0 atom stereocenters. The maximum absolute atomic E-state index is 12.4. The molecule has 0 N–H and O–H groups in total. The summed E-state index contributed by atoms with van der Waals surface area (Å²) >= 11 is 0. The van der Waals surface area contributed by atoms with Gasteiger partial charge in [0, 0.05) is 37.2 Å². The van der Waals surface area contributed by atoms with E-state index in [0.717, 1.165) is 5.52 Å². The first-order chi connectivity index (χ1) is 10.8. The van der Waals surface area contributed by atoms with E-state index in [1.54, 1.807) is 4.57 Å². The smallest absolute Gasteiger partial charge is 0.281 e. The number of aryl methyl sites for hydroxylation is 2. The van der Waals surface area contributed by atoms with Crippen molar-refractivity contribution >= 4 is 22.1 Å². The Morgan fingerprint density at radius 2 is 1.73 bits per heavy atom. The highest BCUT2D eigenvalue weighted by atomic mass is 16.1. The highest BCUT2D eigenvalue weighted by Crippen LogP contribution is 2.14. The second kappa shape index (κ2) is 5.07. The number of nitrogens with zero attached hydrogens (tertiary/aromatic N) is 5. The molecule has 0 saturated heterocycles. The van der Waals surface area contributed by atoms with Crippen LogP contribution in [0.15, 0.2) is 60.0 Å². The Hall–Kier alpha value is -3.02. The van der Waals surface area contributed by atoms with E-state index in [2.05, 4.69) is 37.7 Å². The molecular weight excluding hydrogens is 278 g/mol. The lowest BCUT2D eigenvalue weighted by atomic mass is 10.2. The van der Waals surface area contributed by atoms with Crippen molar-refractivity contribution in [3.05, 3.63) is 65.6 Å². The topological polar surface area (TPSA) is 65.6 Å². The molecule has 108 valence electrons. The van der Waals surface area contributed by atoms with Gasteiger partial charge in [-0.3, -0.25) is 9.36 Å². The Balaban J connectivity index is 1.67. The zero-order valence-electron chi connectivity index (χ0n) is 11.8. The summed E-state index contributed by atoms with van der Waals surface area (Å²) in [6.07, 6.45) is 6.61. The van der Waals surface area contributed by atoms with Crippen molar-refractivity contribution in [2.24, 2.45) is 0 Å². The fraction of sp³-hybridized carbons (Fsp3) is 0.125. The summed E-state index contributed by atoms with van der Waals surface area (Å²) in [6.45, 7) is 1.23. The molecule has 0 fully saturated rings. The summed E-state index contributed by atoms with van der Waals surface area (Å²) in [5.74, 6) is 0. The van der Waals surface area contributed by atoms with Gasteiger partial charge in [0.25, 0.3) is 5.56 Å². The molecule has 1 aromatic carbocycles. The van der Waals surface area contributed by atoms with E-state index in [4.69, 9.17) is 0 Å². The van der Waals surface area contributed by atoms with Gasteiger partial charge in [0.2, 0.25) is 0 Å². The fourth-order valence-electron chi connectivity index (χ4n) is 2.60. The van der Waals surface area contributed by atoms with Crippen molar-refractivity contribution in [3.63, 3.8) is 0 Å². The first-order valence-corrected chi connectivity index (χ1v) is 7.03. The molecule has 0 aliphatic heterocycles. The molecule has 3 aromatic heterocycles. The summed E-state index contributed by atoms with van der Waals surface area (Å²) in [7, 11) is 0. The van der Waals surface area contributed by atoms with Crippen molar-refractivity contribution in [2.45, 2.75) is 13.1 Å². The lowest BCUT2D eigenvalue weighted by Crippen LogP contribution is -2.23. The number of benzene rings is 1. The molecular formula is C16H13N5O. The molecule has 0 unspecified atom stereocenters. The van der Waals surface area contributed by atoms with Crippen LogP contribution in [0.2, 0.25) is 0 Å². The molecule has 4 aromatic rings. The highest BCUT2D eigenvalue weighted by molar-refractivity contribution is 5.79. The Kier molecular flexibility index (Phi) is 2.93. The quantitative estimate of drug-likeness (QED) is 0.577. The number of aromatic nitrogens is 5. The lowest BCUT2D eigenvalue weighted by Gasteiger charge is -2.08. The van der Waals surface area contributed by atoms with Crippen LogP contribution < -0.4 is 5.56 Å². The Morgan fingerprint density at radius 1 is 0.909 bits per heavy atom. The number of para-hydroxylation sites is 1. The third-order valence-electron chi connectivity index (χ3n) is 3.72. The van der Waals surface area contributed by atoms with E-state index in [0.29, 0.717) is 24.3 Å². The van der Waals surface area contributed by atoms with Crippen LogP contribution in [0.5, 0.6) is 0 Å². The monoisotopic (exact) mass is 291 g/mol. The van der Waals surface area contributed by atoms with Crippen LogP contribution in [0.1, 0.15) is 0 Å². The zero-order valence-corrected chi connectivity index (χ0v) is 11.8. The van der Waals surface area contributed by atoms with Gasteiger partial charge < -0.3 is 4.57 Å². The average Bonchev–Trinajstić information content (AvgIpc) is 2.98. The summed E-state index contributed by atoms with van der Waals surface area (Å²) < 4.78 is 3.70. The van der Waals surface area contributed by atoms with Crippen LogP contribution in [0.4, 0.5) is 0 Å². The molecule has 0 aliphatic rings. The van der Waals surface area contributed by atoms with Crippen molar-refractivity contribution in [3.8, 4) is 0 Å². The van der Waals surface area contributed by atoms with E-state index in [-0.39, 0.29) is 5.56 Å². The third-order valence-corrected chi connectivity index (χ3v) is 3.72. The van der Waals surface area contributed by atoms with Crippen LogP contribution in [-0.4, -0.2) is 24.1 Å². The van der Waals surface area contributed by atoms with Crippen LogP contribution in [0.3, 0.4) is 0 Å². The van der Waals surface area contributed by atoms with Gasteiger partial charge in [0.15, 0.2) is 11.2 Å². The first kappa shape index (κ1) is 12.7. The van der Waals surface area contributed by atoms with Crippen LogP contribution in [0.25, 0.3) is 22.1 Å². The summed E-state index contributed by atoms with van der Waals surface area (Å²) in [5, 5.41) is 1.19. The van der Waals surface area contributed by atoms with E-state index >= 15 is 0 Å². The van der Waals surface area contributed by atoms with Gasteiger partial charge >= 0.3 is 0 Å². The maximum Gasteiger partial charge on any atom is 0.281 e. The van der Waals surface area contributed by atoms with Gasteiger partial charge in [-0.15, -0.1) is 0 Å².